The Hall–Kier alpha value is -1.54. The van der Waals surface area contributed by atoms with Crippen molar-refractivity contribution in [3.05, 3.63) is 46.2 Å². The Balaban J connectivity index is 2.51. The summed E-state index contributed by atoms with van der Waals surface area (Å²) < 4.78 is 35.9. The molecule has 0 spiro atoms. The highest BCUT2D eigenvalue weighted by Gasteiger charge is 2.16. The van der Waals surface area contributed by atoms with Crippen LogP contribution in [-0.2, 0) is 10.0 Å². The average molecular weight is 350 g/mol. The topological polar surface area (TPSA) is 98.2 Å². The third kappa shape index (κ3) is 3.38. The standard InChI is InChI=1S/C12H10Cl2FN3O2S/c13-7-4-6(15)5-8(14)12(7)18-9-2-1-3-10(11(9)16)21(17,19)20/h1-5,18H,16H2,(H2,17,19,20). The molecule has 0 radical (unpaired) electrons. The number of benzene rings is 2. The molecule has 5 nitrogen and oxygen atoms in total. The number of para-hydroxylation sites is 1. The molecule has 2 aromatic carbocycles. The lowest BCUT2D eigenvalue weighted by atomic mass is 10.2. The molecule has 2 rings (SSSR count). The maximum Gasteiger partial charge on any atom is 0.240 e. The largest absolute Gasteiger partial charge is 0.396 e. The van der Waals surface area contributed by atoms with E-state index in [0.29, 0.717) is 0 Å². The van der Waals surface area contributed by atoms with E-state index in [-0.39, 0.29) is 32.0 Å². The molecule has 21 heavy (non-hydrogen) atoms. The Labute approximate surface area is 130 Å². The van der Waals surface area contributed by atoms with Gasteiger partial charge in [0.15, 0.2) is 0 Å². The van der Waals surface area contributed by atoms with Gasteiger partial charge >= 0.3 is 0 Å². The fourth-order valence-electron chi connectivity index (χ4n) is 1.70. The second-order valence-corrected chi connectivity index (χ2v) is 6.48. The van der Waals surface area contributed by atoms with Crippen LogP contribution in [0.15, 0.2) is 35.2 Å². The van der Waals surface area contributed by atoms with Gasteiger partial charge in [-0.3, -0.25) is 0 Å². The van der Waals surface area contributed by atoms with Crippen LogP contribution in [0.2, 0.25) is 10.0 Å². The molecule has 0 bridgehead atoms. The number of nitrogen functional groups attached to an aromatic ring is 1. The second-order valence-electron chi connectivity index (χ2n) is 4.13. The summed E-state index contributed by atoms with van der Waals surface area (Å²) in [5.74, 6) is -0.596. The molecular formula is C12H10Cl2FN3O2S. The van der Waals surface area contributed by atoms with Crippen LogP contribution in [-0.4, -0.2) is 8.42 Å². The normalized spacial score (nSPS) is 11.4. The molecule has 0 saturated carbocycles. The lowest BCUT2D eigenvalue weighted by Gasteiger charge is -2.14. The van der Waals surface area contributed by atoms with Crippen molar-refractivity contribution < 1.29 is 12.8 Å². The highest BCUT2D eigenvalue weighted by Crippen LogP contribution is 2.36. The average Bonchev–Trinajstić information content (AvgIpc) is 2.33. The molecule has 0 saturated heterocycles. The van der Waals surface area contributed by atoms with Crippen LogP contribution < -0.4 is 16.2 Å². The second kappa shape index (κ2) is 5.69. The van der Waals surface area contributed by atoms with E-state index in [0.717, 1.165) is 12.1 Å². The van der Waals surface area contributed by atoms with Gasteiger partial charge in [0.2, 0.25) is 10.0 Å². The Morgan fingerprint density at radius 3 is 2.24 bits per heavy atom. The van der Waals surface area contributed by atoms with Crippen LogP contribution in [0.1, 0.15) is 0 Å². The van der Waals surface area contributed by atoms with E-state index in [1.54, 1.807) is 0 Å². The quantitative estimate of drug-likeness (QED) is 0.741. The Bertz CT molecular complexity index is 789. The molecule has 0 aromatic heterocycles. The summed E-state index contributed by atoms with van der Waals surface area (Å²) in [5.41, 5.74) is 6.12. The van der Waals surface area contributed by atoms with Crippen molar-refractivity contribution in [1.82, 2.24) is 0 Å². The van der Waals surface area contributed by atoms with Crippen LogP contribution in [0, 0.1) is 5.82 Å². The monoisotopic (exact) mass is 349 g/mol. The van der Waals surface area contributed by atoms with Crippen molar-refractivity contribution >= 4 is 50.3 Å². The van der Waals surface area contributed by atoms with Gasteiger partial charge in [-0.05, 0) is 24.3 Å². The van der Waals surface area contributed by atoms with Crippen molar-refractivity contribution in [3.8, 4) is 0 Å². The molecule has 0 aliphatic rings. The number of hydrogen-bond acceptors (Lipinski definition) is 4. The Morgan fingerprint density at radius 2 is 1.71 bits per heavy atom. The maximum absolute atomic E-state index is 13.1. The molecule has 0 fully saturated rings. The molecule has 0 aliphatic heterocycles. The van der Waals surface area contributed by atoms with Gasteiger partial charge in [-0.15, -0.1) is 0 Å². The Kier molecular flexibility index (Phi) is 4.29. The molecule has 0 heterocycles. The number of primary sulfonamides is 1. The maximum atomic E-state index is 13.1. The first-order valence-electron chi connectivity index (χ1n) is 5.53. The number of sulfonamides is 1. The van der Waals surface area contributed by atoms with E-state index < -0.39 is 15.8 Å². The Morgan fingerprint density at radius 1 is 1.14 bits per heavy atom. The van der Waals surface area contributed by atoms with Crippen LogP contribution in [0.4, 0.5) is 21.5 Å². The fraction of sp³-hybridized carbons (Fsp3) is 0. The minimum atomic E-state index is -3.97. The summed E-state index contributed by atoms with van der Waals surface area (Å²) in [4.78, 5) is -0.234. The van der Waals surface area contributed by atoms with Crippen molar-refractivity contribution in [1.29, 1.82) is 0 Å². The fourth-order valence-corrected chi connectivity index (χ4v) is 2.94. The van der Waals surface area contributed by atoms with Gasteiger partial charge in [-0.1, -0.05) is 29.3 Å². The van der Waals surface area contributed by atoms with Crippen molar-refractivity contribution in [2.45, 2.75) is 4.90 Å². The highest BCUT2D eigenvalue weighted by molar-refractivity contribution is 7.89. The van der Waals surface area contributed by atoms with Gasteiger partial charge in [-0.2, -0.15) is 0 Å². The molecule has 0 atom stereocenters. The van der Waals surface area contributed by atoms with E-state index >= 15 is 0 Å². The lowest BCUT2D eigenvalue weighted by molar-refractivity contribution is 0.598. The van der Waals surface area contributed by atoms with E-state index in [1.165, 1.54) is 18.2 Å². The SMILES string of the molecule is Nc1c(Nc2c(Cl)cc(F)cc2Cl)cccc1S(N)(=O)=O. The molecule has 112 valence electrons. The number of rotatable bonds is 3. The van der Waals surface area contributed by atoms with Gasteiger partial charge in [0.05, 0.1) is 27.1 Å². The first-order valence-corrected chi connectivity index (χ1v) is 7.83. The molecule has 5 N–H and O–H groups in total. The highest BCUT2D eigenvalue weighted by atomic mass is 35.5. The van der Waals surface area contributed by atoms with Crippen LogP contribution in [0.3, 0.4) is 0 Å². The molecule has 0 aliphatic carbocycles. The zero-order valence-corrected chi connectivity index (χ0v) is 12.7. The number of nitrogens with one attached hydrogen (secondary N) is 1. The number of anilines is 3. The molecule has 9 heteroatoms. The summed E-state index contributed by atoms with van der Waals surface area (Å²) in [5, 5.41) is 7.89. The third-order valence-corrected chi connectivity index (χ3v) is 4.20. The van der Waals surface area contributed by atoms with Crippen molar-refractivity contribution in [2.75, 3.05) is 11.1 Å². The van der Waals surface area contributed by atoms with Gasteiger partial charge in [-0.25, -0.2) is 17.9 Å². The molecule has 2 aromatic rings. The minimum Gasteiger partial charge on any atom is -0.396 e. The van der Waals surface area contributed by atoms with E-state index in [9.17, 15) is 12.8 Å². The van der Waals surface area contributed by atoms with Crippen LogP contribution >= 0.6 is 23.2 Å². The first-order chi connectivity index (χ1) is 9.70. The summed E-state index contributed by atoms with van der Waals surface area (Å²) in [6.07, 6.45) is 0. The predicted octanol–water partition coefficient (Wildman–Crippen LogP) is 3.11. The predicted molar refractivity (Wildman–Crippen MR) is 81.9 cm³/mol. The van der Waals surface area contributed by atoms with Gasteiger partial charge in [0, 0.05) is 0 Å². The van der Waals surface area contributed by atoms with Crippen LogP contribution in [0.5, 0.6) is 0 Å². The smallest absolute Gasteiger partial charge is 0.240 e. The molecule has 0 unspecified atom stereocenters. The number of nitrogens with two attached hydrogens (primary N) is 2. The third-order valence-electron chi connectivity index (χ3n) is 2.64. The molecule has 0 amide bonds. The van der Waals surface area contributed by atoms with Crippen molar-refractivity contribution in [2.24, 2.45) is 5.14 Å². The van der Waals surface area contributed by atoms with E-state index in [1.807, 2.05) is 0 Å². The lowest BCUT2D eigenvalue weighted by Crippen LogP contribution is -2.15. The number of halogens is 3. The zero-order chi connectivity index (χ0) is 15.8. The van der Waals surface area contributed by atoms with Crippen LogP contribution in [0.25, 0.3) is 0 Å². The first kappa shape index (κ1) is 15.8. The zero-order valence-electron chi connectivity index (χ0n) is 10.4. The summed E-state index contributed by atoms with van der Waals surface area (Å²) in [7, 11) is -3.97. The van der Waals surface area contributed by atoms with E-state index in [4.69, 9.17) is 34.1 Å². The summed E-state index contributed by atoms with van der Waals surface area (Å²) in [6, 6.07) is 6.36. The summed E-state index contributed by atoms with van der Waals surface area (Å²) >= 11 is 11.8. The minimum absolute atomic E-state index is 0.0282. The molecular weight excluding hydrogens is 340 g/mol. The van der Waals surface area contributed by atoms with Crippen molar-refractivity contribution in [3.63, 3.8) is 0 Å². The van der Waals surface area contributed by atoms with Gasteiger partial charge in [0.25, 0.3) is 0 Å². The van der Waals surface area contributed by atoms with E-state index in [2.05, 4.69) is 5.32 Å². The number of hydrogen-bond donors (Lipinski definition) is 3. The summed E-state index contributed by atoms with van der Waals surface area (Å²) in [6.45, 7) is 0. The van der Waals surface area contributed by atoms with Gasteiger partial charge < -0.3 is 11.1 Å². The van der Waals surface area contributed by atoms with Gasteiger partial charge in [0.1, 0.15) is 10.7 Å².